The van der Waals surface area contributed by atoms with Gasteiger partial charge in [-0.05, 0) is 12.8 Å². The fraction of sp³-hybridized carbons (Fsp3) is 0.714. The molecule has 0 aromatic rings. The van der Waals surface area contributed by atoms with Gasteiger partial charge in [0.05, 0.1) is 19.6 Å². The molecule has 23 heavy (non-hydrogen) atoms. The summed E-state index contributed by atoms with van der Waals surface area (Å²) in [6.07, 6.45) is 1.73. The van der Waals surface area contributed by atoms with E-state index in [4.69, 9.17) is 10.8 Å². The maximum atomic E-state index is 11.0. The summed E-state index contributed by atoms with van der Waals surface area (Å²) in [5.41, 5.74) is 4.95. The molecule has 0 spiro atoms. The van der Waals surface area contributed by atoms with Crippen molar-refractivity contribution in [3.8, 4) is 0 Å². The molecule has 0 aromatic carbocycles. The third-order valence-corrected chi connectivity index (χ3v) is 2.29. The standard InChI is InChI=1S/C9H18N2O2.C5H10N2O3/c1-3-5-10-8(12)7-9(13)11-6-4-2;6-1-4(8)2-7-3-5(9)10/h3-7H2,1-2H3,(H,10,12)(H,11,13);7H,1-3,6H2,(H,9,10). The minimum Gasteiger partial charge on any atom is -0.480 e. The van der Waals surface area contributed by atoms with Crippen LogP contribution < -0.4 is 21.7 Å². The number of hydrogen-bond donors (Lipinski definition) is 5. The molecule has 0 saturated carbocycles. The van der Waals surface area contributed by atoms with E-state index in [-0.39, 0.29) is 43.7 Å². The number of Topliss-reactive ketones (excluding diaryl/α,β-unsaturated/α-hetero) is 1. The van der Waals surface area contributed by atoms with Crippen LogP contribution >= 0.6 is 0 Å². The minimum atomic E-state index is -0.982. The molecule has 0 unspecified atom stereocenters. The van der Waals surface area contributed by atoms with Crippen LogP contribution in [0.15, 0.2) is 0 Å². The Labute approximate surface area is 136 Å². The molecule has 0 fully saturated rings. The number of carboxylic acid groups (broad SMARTS) is 1. The second-order valence-electron chi connectivity index (χ2n) is 4.62. The molecule has 0 radical (unpaired) electrons. The highest BCUT2D eigenvalue weighted by Gasteiger charge is 2.06. The average Bonchev–Trinajstić information content (AvgIpc) is 2.50. The van der Waals surface area contributed by atoms with Gasteiger partial charge in [-0.3, -0.25) is 19.2 Å². The molecule has 134 valence electrons. The van der Waals surface area contributed by atoms with Gasteiger partial charge >= 0.3 is 5.97 Å². The zero-order valence-electron chi connectivity index (χ0n) is 13.8. The molecule has 2 amide bonds. The Morgan fingerprint density at radius 1 is 0.913 bits per heavy atom. The van der Waals surface area contributed by atoms with Crippen molar-refractivity contribution in [2.24, 2.45) is 5.73 Å². The molecule has 0 bridgehead atoms. The summed E-state index contributed by atoms with van der Waals surface area (Å²) in [4.78, 5) is 42.3. The summed E-state index contributed by atoms with van der Waals surface area (Å²) >= 11 is 0. The Morgan fingerprint density at radius 3 is 1.74 bits per heavy atom. The first-order chi connectivity index (χ1) is 10.9. The highest BCUT2D eigenvalue weighted by atomic mass is 16.4. The van der Waals surface area contributed by atoms with Gasteiger partial charge in [-0.15, -0.1) is 0 Å². The molecule has 0 aromatic heterocycles. The predicted molar refractivity (Wildman–Crippen MR) is 85.8 cm³/mol. The Balaban J connectivity index is 0. The van der Waals surface area contributed by atoms with Gasteiger partial charge in [0.15, 0.2) is 5.78 Å². The summed E-state index contributed by atoms with van der Waals surface area (Å²) in [7, 11) is 0. The van der Waals surface area contributed by atoms with E-state index < -0.39 is 5.97 Å². The summed E-state index contributed by atoms with van der Waals surface area (Å²) < 4.78 is 0. The first kappa shape index (κ1) is 23.3. The van der Waals surface area contributed by atoms with Crippen molar-refractivity contribution < 1.29 is 24.3 Å². The Hall–Kier alpha value is -2.00. The van der Waals surface area contributed by atoms with Crippen LogP contribution in [0.5, 0.6) is 0 Å². The summed E-state index contributed by atoms with van der Waals surface area (Å²) in [6, 6.07) is 0. The molecule has 0 heterocycles. The van der Waals surface area contributed by atoms with E-state index in [9.17, 15) is 19.2 Å². The van der Waals surface area contributed by atoms with Crippen molar-refractivity contribution in [1.82, 2.24) is 16.0 Å². The zero-order valence-corrected chi connectivity index (χ0v) is 13.8. The van der Waals surface area contributed by atoms with E-state index in [1.165, 1.54) is 0 Å². The second kappa shape index (κ2) is 16.4. The minimum absolute atomic E-state index is 0.0306. The summed E-state index contributed by atoms with van der Waals surface area (Å²) in [6.45, 7) is 5.00. The highest BCUT2D eigenvalue weighted by molar-refractivity contribution is 5.96. The first-order valence-corrected chi connectivity index (χ1v) is 7.54. The molecule has 0 aliphatic carbocycles. The van der Waals surface area contributed by atoms with Gasteiger partial charge in [0.2, 0.25) is 11.8 Å². The molecule has 9 nitrogen and oxygen atoms in total. The van der Waals surface area contributed by atoms with Crippen LogP contribution in [-0.4, -0.2) is 61.4 Å². The van der Waals surface area contributed by atoms with Gasteiger partial charge < -0.3 is 26.8 Å². The van der Waals surface area contributed by atoms with Crippen LogP contribution in [0.2, 0.25) is 0 Å². The van der Waals surface area contributed by atoms with Crippen LogP contribution in [0.3, 0.4) is 0 Å². The third kappa shape index (κ3) is 20.0. The van der Waals surface area contributed by atoms with Gasteiger partial charge in [-0.1, -0.05) is 13.8 Å². The Bertz CT molecular complexity index is 356. The smallest absolute Gasteiger partial charge is 0.317 e. The molecule has 0 aliphatic heterocycles. The zero-order chi connectivity index (χ0) is 18.1. The van der Waals surface area contributed by atoms with Crippen LogP contribution in [0.4, 0.5) is 0 Å². The van der Waals surface area contributed by atoms with E-state index in [0.29, 0.717) is 13.1 Å². The fourth-order valence-corrected chi connectivity index (χ4v) is 1.18. The number of carboxylic acids is 1. The highest BCUT2D eigenvalue weighted by Crippen LogP contribution is 1.82. The van der Waals surface area contributed by atoms with Crippen LogP contribution in [0.25, 0.3) is 0 Å². The molecule has 0 rings (SSSR count). The van der Waals surface area contributed by atoms with Crippen LogP contribution in [0, 0.1) is 0 Å². The number of ketones is 1. The van der Waals surface area contributed by atoms with Crippen molar-refractivity contribution in [1.29, 1.82) is 0 Å². The summed E-state index contributed by atoms with van der Waals surface area (Å²) in [5, 5.41) is 15.8. The predicted octanol–water partition coefficient (Wildman–Crippen LogP) is -1.38. The maximum Gasteiger partial charge on any atom is 0.317 e. The number of amides is 2. The van der Waals surface area contributed by atoms with Crippen molar-refractivity contribution in [3.05, 3.63) is 0 Å². The number of carbonyl (C=O) groups excluding carboxylic acids is 3. The second-order valence-corrected chi connectivity index (χ2v) is 4.62. The lowest BCUT2D eigenvalue weighted by molar-refractivity contribution is -0.136. The number of aliphatic carboxylic acids is 1. The van der Waals surface area contributed by atoms with Crippen molar-refractivity contribution in [2.45, 2.75) is 33.1 Å². The number of hydrogen-bond acceptors (Lipinski definition) is 6. The Kier molecular flexibility index (Phi) is 16.6. The molecular weight excluding hydrogens is 304 g/mol. The summed E-state index contributed by atoms with van der Waals surface area (Å²) in [5.74, 6) is -1.57. The average molecular weight is 332 g/mol. The van der Waals surface area contributed by atoms with E-state index in [2.05, 4.69) is 16.0 Å². The van der Waals surface area contributed by atoms with E-state index in [0.717, 1.165) is 12.8 Å². The molecular formula is C14H28N4O5. The van der Waals surface area contributed by atoms with Gasteiger partial charge in [-0.25, -0.2) is 0 Å². The lowest BCUT2D eigenvalue weighted by Gasteiger charge is -2.03. The molecule has 0 saturated heterocycles. The number of rotatable bonds is 11. The number of nitrogens with one attached hydrogen (secondary N) is 3. The van der Waals surface area contributed by atoms with Gasteiger partial charge in [0, 0.05) is 13.1 Å². The van der Waals surface area contributed by atoms with Crippen molar-refractivity contribution in [3.63, 3.8) is 0 Å². The Morgan fingerprint density at radius 2 is 1.39 bits per heavy atom. The lowest BCUT2D eigenvalue weighted by Crippen LogP contribution is -2.32. The fourth-order valence-electron chi connectivity index (χ4n) is 1.18. The lowest BCUT2D eigenvalue weighted by atomic mass is 10.3. The maximum absolute atomic E-state index is 11.0. The molecule has 6 N–H and O–H groups in total. The van der Waals surface area contributed by atoms with E-state index >= 15 is 0 Å². The third-order valence-electron chi connectivity index (χ3n) is 2.29. The quantitative estimate of drug-likeness (QED) is 0.292. The van der Waals surface area contributed by atoms with Gasteiger partial charge in [0.1, 0.15) is 6.42 Å². The van der Waals surface area contributed by atoms with Crippen molar-refractivity contribution >= 4 is 23.6 Å². The molecule has 0 atom stereocenters. The first-order valence-electron chi connectivity index (χ1n) is 7.54. The van der Waals surface area contributed by atoms with Gasteiger partial charge in [0.25, 0.3) is 0 Å². The normalized spacial score (nSPS) is 9.35. The number of carbonyl (C=O) groups is 4. The SMILES string of the molecule is CCCNC(=O)CC(=O)NCCC.NCC(=O)CNCC(=O)O. The monoisotopic (exact) mass is 332 g/mol. The van der Waals surface area contributed by atoms with E-state index in [1.54, 1.807) is 0 Å². The number of nitrogens with two attached hydrogens (primary N) is 1. The topological polar surface area (TPSA) is 151 Å². The largest absolute Gasteiger partial charge is 0.480 e. The molecule has 9 heteroatoms. The van der Waals surface area contributed by atoms with Crippen LogP contribution in [0.1, 0.15) is 33.1 Å². The van der Waals surface area contributed by atoms with E-state index in [1.807, 2.05) is 13.8 Å². The van der Waals surface area contributed by atoms with Crippen molar-refractivity contribution in [2.75, 3.05) is 32.7 Å². The molecule has 0 aliphatic rings. The van der Waals surface area contributed by atoms with Gasteiger partial charge in [-0.2, -0.15) is 0 Å². The van der Waals surface area contributed by atoms with Crippen LogP contribution in [-0.2, 0) is 19.2 Å².